The highest BCUT2D eigenvalue weighted by Crippen LogP contribution is 2.16. The molecule has 0 radical (unpaired) electrons. The molecule has 1 amide bonds. The summed E-state index contributed by atoms with van der Waals surface area (Å²) in [4.78, 5) is 15.1. The molecular weight excluding hydrogens is 300 g/mol. The lowest BCUT2D eigenvalue weighted by atomic mass is 10.1. The lowest BCUT2D eigenvalue weighted by molar-refractivity contribution is 0.0972. The van der Waals surface area contributed by atoms with Crippen LogP contribution in [0.5, 0.6) is 0 Å². The highest BCUT2D eigenvalue weighted by atomic mass is 32.1. The average molecular weight is 320 g/mol. The van der Waals surface area contributed by atoms with Crippen molar-refractivity contribution in [2.45, 2.75) is 19.4 Å². The zero-order chi connectivity index (χ0) is 15.9. The number of rotatable bonds is 6. The zero-order valence-electron chi connectivity index (χ0n) is 12.6. The molecule has 0 fully saturated rings. The van der Waals surface area contributed by atoms with E-state index >= 15 is 0 Å². The number of hydrogen-bond acceptors (Lipinski definition) is 4. The Balaban J connectivity index is 1.81. The van der Waals surface area contributed by atoms with Crippen molar-refractivity contribution in [2.24, 2.45) is 10.7 Å². The first-order valence-electron chi connectivity index (χ1n) is 6.95. The monoisotopic (exact) mass is 320 g/mol. The van der Waals surface area contributed by atoms with E-state index in [-0.39, 0.29) is 5.76 Å². The summed E-state index contributed by atoms with van der Waals surface area (Å²) in [7, 11) is 1.71. The first-order chi connectivity index (χ1) is 10.6. The highest BCUT2D eigenvalue weighted by Gasteiger charge is 2.09. The summed E-state index contributed by atoms with van der Waals surface area (Å²) in [5.74, 6) is 1.29. The van der Waals surface area contributed by atoms with Gasteiger partial charge in [0, 0.05) is 13.6 Å². The first-order valence-corrected chi connectivity index (χ1v) is 7.89. The van der Waals surface area contributed by atoms with E-state index in [2.05, 4.69) is 39.4 Å². The molecule has 7 heteroatoms. The van der Waals surface area contributed by atoms with Crippen LogP contribution in [0.25, 0.3) is 0 Å². The third-order valence-electron chi connectivity index (χ3n) is 3.25. The molecule has 0 aliphatic carbocycles. The summed E-state index contributed by atoms with van der Waals surface area (Å²) < 4.78 is 5.31. The number of carbonyl (C=O) groups is 1. The molecule has 0 aliphatic heterocycles. The molecule has 2 aromatic heterocycles. The molecule has 2 heterocycles. The number of nitrogens with one attached hydrogen (secondary N) is 2. The molecule has 22 heavy (non-hydrogen) atoms. The number of guanidine groups is 1. The second-order valence-electron chi connectivity index (χ2n) is 4.89. The Morgan fingerprint density at radius 2 is 2.23 bits per heavy atom. The summed E-state index contributed by atoms with van der Waals surface area (Å²) in [6, 6.07) is 5.41. The molecule has 0 bridgehead atoms. The maximum absolute atomic E-state index is 11.0. The third-order valence-corrected chi connectivity index (χ3v) is 3.95. The van der Waals surface area contributed by atoms with Crippen molar-refractivity contribution < 1.29 is 9.21 Å². The Bertz CT molecular complexity index is 634. The standard InChI is InChI=1S/C15H20N4O2S/c1-10(11-5-6-22-9-11)7-18-15(17-2)19-8-12-3-4-13(21-12)14(16)20/h3-6,9-10H,7-8H2,1-2H3,(H2,16,20)(H2,17,18,19). The van der Waals surface area contributed by atoms with Crippen LogP contribution in [-0.4, -0.2) is 25.5 Å². The molecule has 6 nitrogen and oxygen atoms in total. The van der Waals surface area contributed by atoms with Crippen molar-refractivity contribution >= 4 is 23.2 Å². The lowest BCUT2D eigenvalue weighted by Crippen LogP contribution is -2.38. The minimum absolute atomic E-state index is 0.158. The fourth-order valence-electron chi connectivity index (χ4n) is 1.92. The van der Waals surface area contributed by atoms with Crippen LogP contribution in [0.1, 0.15) is 34.7 Å². The van der Waals surface area contributed by atoms with Crippen LogP contribution in [0, 0.1) is 0 Å². The second kappa shape index (κ2) is 7.65. The van der Waals surface area contributed by atoms with Gasteiger partial charge in [0.2, 0.25) is 0 Å². The van der Waals surface area contributed by atoms with Gasteiger partial charge in [-0.25, -0.2) is 0 Å². The molecule has 0 spiro atoms. The number of primary amides is 1. The Morgan fingerprint density at radius 3 is 2.82 bits per heavy atom. The molecule has 2 aromatic rings. The Hall–Kier alpha value is -2.28. The summed E-state index contributed by atoms with van der Waals surface area (Å²) in [5, 5.41) is 10.6. The van der Waals surface area contributed by atoms with Crippen molar-refractivity contribution in [1.29, 1.82) is 0 Å². The summed E-state index contributed by atoms with van der Waals surface area (Å²) in [6.45, 7) is 3.37. The van der Waals surface area contributed by atoms with Crippen LogP contribution in [0.3, 0.4) is 0 Å². The molecule has 2 rings (SSSR count). The minimum atomic E-state index is -0.571. The minimum Gasteiger partial charge on any atom is -0.454 e. The molecular formula is C15H20N4O2S. The SMILES string of the molecule is CN=C(NCc1ccc(C(N)=O)o1)NCC(C)c1ccsc1. The van der Waals surface area contributed by atoms with Gasteiger partial charge in [-0.05, 0) is 40.4 Å². The molecule has 0 saturated carbocycles. The van der Waals surface area contributed by atoms with Crippen LogP contribution < -0.4 is 16.4 Å². The van der Waals surface area contributed by atoms with Gasteiger partial charge >= 0.3 is 0 Å². The van der Waals surface area contributed by atoms with Crippen molar-refractivity contribution in [3.8, 4) is 0 Å². The summed E-state index contributed by atoms with van der Waals surface area (Å²) in [6.07, 6.45) is 0. The van der Waals surface area contributed by atoms with Crippen LogP contribution in [0.15, 0.2) is 38.4 Å². The second-order valence-corrected chi connectivity index (χ2v) is 5.67. The molecule has 118 valence electrons. The third kappa shape index (κ3) is 4.36. The van der Waals surface area contributed by atoms with Crippen molar-refractivity contribution in [1.82, 2.24) is 10.6 Å². The van der Waals surface area contributed by atoms with E-state index in [4.69, 9.17) is 10.2 Å². The quantitative estimate of drug-likeness (QED) is 0.560. The molecule has 1 unspecified atom stereocenters. The van der Waals surface area contributed by atoms with E-state index in [1.807, 2.05) is 0 Å². The molecule has 0 aromatic carbocycles. The van der Waals surface area contributed by atoms with E-state index in [9.17, 15) is 4.79 Å². The van der Waals surface area contributed by atoms with Gasteiger partial charge < -0.3 is 20.8 Å². The maximum Gasteiger partial charge on any atom is 0.284 e. The maximum atomic E-state index is 11.0. The van der Waals surface area contributed by atoms with Crippen molar-refractivity contribution in [3.63, 3.8) is 0 Å². The van der Waals surface area contributed by atoms with E-state index in [0.717, 1.165) is 6.54 Å². The Labute approximate surface area is 133 Å². The topological polar surface area (TPSA) is 92.6 Å². The normalized spacial score (nSPS) is 12.9. The van der Waals surface area contributed by atoms with E-state index in [0.29, 0.717) is 24.2 Å². The number of nitrogens with zero attached hydrogens (tertiary/aromatic N) is 1. The van der Waals surface area contributed by atoms with Crippen molar-refractivity contribution in [2.75, 3.05) is 13.6 Å². The molecule has 0 aliphatic rings. The number of aliphatic imine (C=N–C) groups is 1. The van der Waals surface area contributed by atoms with Gasteiger partial charge in [0.25, 0.3) is 5.91 Å². The number of amides is 1. The number of furan rings is 1. The van der Waals surface area contributed by atoms with Gasteiger partial charge in [0.1, 0.15) is 5.76 Å². The highest BCUT2D eigenvalue weighted by molar-refractivity contribution is 7.07. The smallest absolute Gasteiger partial charge is 0.284 e. The number of thiophene rings is 1. The van der Waals surface area contributed by atoms with Gasteiger partial charge in [-0.2, -0.15) is 11.3 Å². The Kier molecular flexibility index (Phi) is 5.60. The van der Waals surface area contributed by atoms with Gasteiger partial charge in [-0.3, -0.25) is 9.79 Å². The largest absolute Gasteiger partial charge is 0.454 e. The number of hydrogen-bond donors (Lipinski definition) is 3. The van der Waals surface area contributed by atoms with Crippen LogP contribution in [-0.2, 0) is 6.54 Å². The van der Waals surface area contributed by atoms with Gasteiger partial charge in [-0.15, -0.1) is 0 Å². The fraction of sp³-hybridized carbons (Fsp3) is 0.333. The molecule has 4 N–H and O–H groups in total. The fourth-order valence-corrected chi connectivity index (χ4v) is 2.70. The summed E-state index contributed by atoms with van der Waals surface area (Å²) in [5.41, 5.74) is 6.46. The van der Waals surface area contributed by atoms with Crippen LogP contribution >= 0.6 is 11.3 Å². The van der Waals surface area contributed by atoms with Gasteiger partial charge in [0.15, 0.2) is 11.7 Å². The van der Waals surface area contributed by atoms with E-state index < -0.39 is 5.91 Å². The van der Waals surface area contributed by atoms with Gasteiger partial charge in [-0.1, -0.05) is 6.92 Å². The molecule has 1 atom stereocenters. The number of nitrogens with two attached hydrogens (primary N) is 1. The van der Waals surface area contributed by atoms with Crippen LogP contribution in [0.4, 0.5) is 0 Å². The van der Waals surface area contributed by atoms with E-state index in [1.165, 1.54) is 5.56 Å². The van der Waals surface area contributed by atoms with Crippen molar-refractivity contribution in [3.05, 3.63) is 46.0 Å². The molecule has 0 saturated heterocycles. The predicted octanol–water partition coefficient (Wildman–Crippen LogP) is 1.91. The predicted molar refractivity (Wildman–Crippen MR) is 88.2 cm³/mol. The van der Waals surface area contributed by atoms with Crippen LogP contribution in [0.2, 0.25) is 0 Å². The average Bonchev–Trinajstić information content (AvgIpc) is 3.18. The zero-order valence-corrected chi connectivity index (χ0v) is 13.4. The summed E-state index contributed by atoms with van der Waals surface area (Å²) >= 11 is 1.70. The van der Waals surface area contributed by atoms with E-state index in [1.54, 1.807) is 30.5 Å². The Morgan fingerprint density at radius 1 is 1.41 bits per heavy atom. The first kappa shape index (κ1) is 16.1. The van der Waals surface area contributed by atoms with Gasteiger partial charge in [0.05, 0.1) is 6.54 Å². The number of carbonyl (C=O) groups excluding carboxylic acids is 1. The lowest BCUT2D eigenvalue weighted by Gasteiger charge is -2.14.